The molecule has 3 rings (SSSR count). The first-order valence-corrected chi connectivity index (χ1v) is 11.6. The van der Waals surface area contributed by atoms with Crippen LogP contribution in [0, 0.1) is 5.92 Å². The Balaban J connectivity index is 1.31. The van der Waals surface area contributed by atoms with Crippen molar-refractivity contribution in [2.24, 2.45) is 5.92 Å². The quantitative estimate of drug-likeness (QED) is 0.388. The summed E-state index contributed by atoms with van der Waals surface area (Å²) in [5.74, 6) is -1.19. The third-order valence-electron chi connectivity index (χ3n) is 5.88. The molecule has 182 valence electrons. The van der Waals surface area contributed by atoms with Crippen LogP contribution >= 0.6 is 0 Å². The number of carbonyl (C=O) groups is 3. The van der Waals surface area contributed by atoms with E-state index in [0.29, 0.717) is 25.9 Å². The normalized spacial score (nSPS) is 13.0. The molecule has 1 atom stereocenters. The Morgan fingerprint density at radius 1 is 0.941 bits per heavy atom. The van der Waals surface area contributed by atoms with E-state index in [9.17, 15) is 14.4 Å². The number of nitrogens with one attached hydrogen (secondary N) is 2. The number of hydrogen-bond donors (Lipinski definition) is 3. The lowest BCUT2D eigenvalue weighted by atomic mass is 9.98. The van der Waals surface area contributed by atoms with Crippen LogP contribution in [0.4, 0.5) is 4.79 Å². The maximum absolute atomic E-state index is 12.2. The third kappa shape index (κ3) is 7.05. The van der Waals surface area contributed by atoms with Gasteiger partial charge >= 0.3 is 12.1 Å². The Bertz CT molecular complexity index is 947. The zero-order valence-corrected chi connectivity index (χ0v) is 19.4. The van der Waals surface area contributed by atoms with Crippen molar-refractivity contribution < 1.29 is 29.0 Å². The van der Waals surface area contributed by atoms with Crippen LogP contribution in [0.3, 0.4) is 0 Å². The number of carbonyl (C=O) groups excluding carboxylic acids is 2. The molecule has 34 heavy (non-hydrogen) atoms. The number of fused-ring (bicyclic) bond motifs is 3. The fourth-order valence-corrected chi connectivity index (χ4v) is 4.06. The zero-order chi connectivity index (χ0) is 24.3. The molecule has 3 N–H and O–H groups in total. The number of rotatable bonds is 13. The minimum atomic E-state index is -0.913. The van der Waals surface area contributed by atoms with Crippen LogP contribution in [0.2, 0.25) is 0 Å². The van der Waals surface area contributed by atoms with Crippen LogP contribution < -0.4 is 10.6 Å². The van der Waals surface area contributed by atoms with E-state index in [1.165, 1.54) is 22.3 Å². The number of carboxylic acid groups (broad SMARTS) is 1. The number of amides is 2. The Kier molecular flexibility index (Phi) is 9.46. The second kappa shape index (κ2) is 12.7. The molecule has 8 heteroatoms. The topological polar surface area (TPSA) is 114 Å². The summed E-state index contributed by atoms with van der Waals surface area (Å²) in [6, 6.07) is 16.4. The van der Waals surface area contributed by atoms with E-state index in [1.807, 2.05) is 31.2 Å². The number of carboxylic acids is 1. The van der Waals surface area contributed by atoms with Gasteiger partial charge in [-0.3, -0.25) is 9.59 Å². The van der Waals surface area contributed by atoms with Crippen molar-refractivity contribution in [1.29, 1.82) is 0 Å². The molecular weight excluding hydrogens is 436 g/mol. The molecule has 0 saturated heterocycles. The first-order chi connectivity index (χ1) is 16.5. The number of aliphatic carboxylic acids is 1. The van der Waals surface area contributed by atoms with Gasteiger partial charge in [0.2, 0.25) is 5.91 Å². The molecule has 0 aliphatic heterocycles. The van der Waals surface area contributed by atoms with Gasteiger partial charge in [-0.05, 0) is 35.1 Å². The van der Waals surface area contributed by atoms with Crippen LogP contribution in [0.15, 0.2) is 48.5 Å². The molecule has 0 aromatic heterocycles. The molecule has 0 spiro atoms. The fourth-order valence-electron chi connectivity index (χ4n) is 4.06. The van der Waals surface area contributed by atoms with Crippen molar-refractivity contribution in [3.63, 3.8) is 0 Å². The lowest BCUT2D eigenvalue weighted by Gasteiger charge is -2.15. The van der Waals surface area contributed by atoms with Gasteiger partial charge in [0.15, 0.2) is 0 Å². The number of benzene rings is 2. The van der Waals surface area contributed by atoms with Gasteiger partial charge in [-0.15, -0.1) is 0 Å². The summed E-state index contributed by atoms with van der Waals surface area (Å²) in [6.45, 7) is 3.26. The van der Waals surface area contributed by atoms with Gasteiger partial charge < -0.3 is 25.2 Å². The van der Waals surface area contributed by atoms with Crippen LogP contribution in [0.25, 0.3) is 11.1 Å². The minimum absolute atomic E-state index is 0.0231. The maximum Gasteiger partial charge on any atom is 0.407 e. The van der Waals surface area contributed by atoms with Gasteiger partial charge in [-0.25, -0.2) is 4.79 Å². The van der Waals surface area contributed by atoms with E-state index in [-0.39, 0.29) is 44.0 Å². The van der Waals surface area contributed by atoms with Gasteiger partial charge in [-0.1, -0.05) is 55.5 Å². The summed E-state index contributed by atoms with van der Waals surface area (Å²) < 4.78 is 10.7. The standard InChI is InChI=1S/C26H32N2O6/c1-18(25(31)27-14-16-33-15-12-24(29)30)7-6-13-28-26(32)34-17-23-21-10-4-2-8-19(21)20-9-3-5-11-22(20)23/h2-5,8-11,18,23H,6-7,12-17H2,1H3,(H,27,31)(H,28,32)(H,29,30). The van der Waals surface area contributed by atoms with E-state index >= 15 is 0 Å². The number of ether oxygens (including phenoxy) is 2. The molecule has 2 aromatic rings. The predicted octanol–water partition coefficient (Wildman–Crippen LogP) is 3.55. The highest BCUT2D eigenvalue weighted by Crippen LogP contribution is 2.44. The van der Waals surface area contributed by atoms with Gasteiger partial charge in [0.05, 0.1) is 19.6 Å². The summed E-state index contributed by atoms with van der Waals surface area (Å²) in [5, 5.41) is 14.1. The Labute approximate surface area is 199 Å². The Morgan fingerprint density at radius 2 is 1.59 bits per heavy atom. The van der Waals surface area contributed by atoms with Crippen molar-refractivity contribution in [1.82, 2.24) is 10.6 Å². The first kappa shape index (κ1) is 25.2. The summed E-state index contributed by atoms with van der Waals surface area (Å²) in [6.07, 6.45) is 0.752. The lowest BCUT2D eigenvalue weighted by Crippen LogP contribution is -2.33. The van der Waals surface area contributed by atoms with Crippen LogP contribution in [-0.2, 0) is 19.1 Å². The lowest BCUT2D eigenvalue weighted by molar-refractivity contribution is -0.138. The molecule has 8 nitrogen and oxygen atoms in total. The molecule has 0 fully saturated rings. The average Bonchev–Trinajstić information content (AvgIpc) is 3.16. The van der Waals surface area contributed by atoms with E-state index in [4.69, 9.17) is 14.6 Å². The largest absolute Gasteiger partial charge is 0.481 e. The van der Waals surface area contributed by atoms with Crippen LogP contribution in [0.1, 0.15) is 43.2 Å². The fraction of sp³-hybridized carbons (Fsp3) is 0.423. The maximum atomic E-state index is 12.2. The van der Waals surface area contributed by atoms with E-state index in [0.717, 1.165) is 0 Å². The molecule has 0 heterocycles. The molecule has 1 aliphatic rings. The monoisotopic (exact) mass is 468 g/mol. The molecule has 0 radical (unpaired) electrons. The van der Waals surface area contributed by atoms with Crippen LogP contribution in [0.5, 0.6) is 0 Å². The smallest absolute Gasteiger partial charge is 0.407 e. The second-order valence-corrected chi connectivity index (χ2v) is 8.34. The molecule has 1 unspecified atom stereocenters. The zero-order valence-electron chi connectivity index (χ0n) is 19.4. The molecule has 0 bridgehead atoms. The molecule has 0 saturated carbocycles. The second-order valence-electron chi connectivity index (χ2n) is 8.34. The van der Waals surface area contributed by atoms with Crippen molar-refractivity contribution in [2.45, 2.75) is 32.1 Å². The molecular formula is C26H32N2O6. The number of alkyl carbamates (subject to hydrolysis) is 1. The highest BCUT2D eigenvalue weighted by Gasteiger charge is 2.28. The van der Waals surface area contributed by atoms with Gasteiger partial charge in [0.1, 0.15) is 6.61 Å². The minimum Gasteiger partial charge on any atom is -0.481 e. The van der Waals surface area contributed by atoms with E-state index < -0.39 is 12.1 Å². The van der Waals surface area contributed by atoms with Gasteiger partial charge in [0.25, 0.3) is 0 Å². The SMILES string of the molecule is CC(CCCNC(=O)OCC1c2ccccc2-c2ccccc21)C(=O)NCCOCCC(=O)O. The highest BCUT2D eigenvalue weighted by molar-refractivity contribution is 5.79. The highest BCUT2D eigenvalue weighted by atomic mass is 16.5. The molecule has 2 aromatic carbocycles. The van der Waals surface area contributed by atoms with Crippen LogP contribution in [-0.4, -0.2) is 56.0 Å². The van der Waals surface area contributed by atoms with Crippen molar-refractivity contribution in [3.05, 3.63) is 59.7 Å². The van der Waals surface area contributed by atoms with Gasteiger partial charge in [-0.2, -0.15) is 0 Å². The first-order valence-electron chi connectivity index (χ1n) is 11.6. The summed E-state index contributed by atoms with van der Waals surface area (Å²) >= 11 is 0. The van der Waals surface area contributed by atoms with E-state index in [2.05, 4.69) is 34.9 Å². The van der Waals surface area contributed by atoms with Crippen molar-refractivity contribution in [3.8, 4) is 11.1 Å². The summed E-state index contributed by atoms with van der Waals surface area (Å²) in [5.41, 5.74) is 4.71. The predicted molar refractivity (Wildman–Crippen MR) is 128 cm³/mol. The van der Waals surface area contributed by atoms with Gasteiger partial charge in [0, 0.05) is 24.9 Å². The Morgan fingerprint density at radius 3 is 2.24 bits per heavy atom. The third-order valence-corrected chi connectivity index (χ3v) is 5.88. The number of hydrogen-bond acceptors (Lipinski definition) is 5. The molecule has 2 amide bonds. The summed E-state index contributed by atoms with van der Waals surface area (Å²) in [4.78, 5) is 34.7. The van der Waals surface area contributed by atoms with E-state index in [1.54, 1.807) is 0 Å². The van der Waals surface area contributed by atoms with Crippen molar-refractivity contribution >= 4 is 18.0 Å². The molecule has 1 aliphatic carbocycles. The van der Waals surface area contributed by atoms with Crippen molar-refractivity contribution in [2.75, 3.05) is 32.9 Å². The average molecular weight is 469 g/mol. The summed E-state index contributed by atoms with van der Waals surface area (Å²) in [7, 11) is 0. The Hall–Kier alpha value is -3.39.